The van der Waals surface area contributed by atoms with E-state index in [1.807, 2.05) is 83.8 Å². The van der Waals surface area contributed by atoms with Gasteiger partial charge in [-0.25, -0.2) is 9.97 Å². The SMILES string of the molecule is COc1cccc(-c2nccn2-c2ccccc2C)c1.Cc1ccccc1-n1ccnc1-c1cccc(O)c1. The lowest BCUT2D eigenvalue weighted by Crippen LogP contribution is -1.98. The number of aromatic nitrogens is 4. The lowest BCUT2D eigenvalue weighted by atomic mass is 10.1. The van der Waals surface area contributed by atoms with Crippen molar-refractivity contribution < 1.29 is 9.84 Å². The zero-order valence-electron chi connectivity index (χ0n) is 22.2. The third kappa shape index (κ3) is 5.60. The number of phenolic OH excluding ortho intramolecular Hbond substituents is 1. The van der Waals surface area contributed by atoms with Gasteiger partial charge in [-0.2, -0.15) is 0 Å². The van der Waals surface area contributed by atoms with E-state index in [2.05, 4.69) is 52.6 Å². The second-order valence-corrected chi connectivity index (χ2v) is 9.10. The molecule has 0 aliphatic heterocycles. The summed E-state index contributed by atoms with van der Waals surface area (Å²) in [7, 11) is 1.67. The van der Waals surface area contributed by atoms with Gasteiger partial charge in [-0.15, -0.1) is 0 Å². The van der Waals surface area contributed by atoms with E-state index in [0.717, 1.165) is 39.9 Å². The van der Waals surface area contributed by atoms with Gasteiger partial charge in [0.1, 0.15) is 23.1 Å². The van der Waals surface area contributed by atoms with Crippen molar-refractivity contribution >= 4 is 0 Å². The molecular weight excluding hydrogens is 484 g/mol. The molecule has 4 aromatic carbocycles. The van der Waals surface area contributed by atoms with Gasteiger partial charge >= 0.3 is 0 Å². The second-order valence-electron chi connectivity index (χ2n) is 9.10. The van der Waals surface area contributed by atoms with Crippen molar-refractivity contribution in [2.24, 2.45) is 0 Å². The van der Waals surface area contributed by atoms with Gasteiger partial charge in [-0.3, -0.25) is 9.13 Å². The van der Waals surface area contributed by atoms with E-state index in [4.69, 9.17) is 4.74 Å². The first-order valence-electron chi connectivity index (χ1n) is 12.7. The van der Waals surface area contributed by atoms with Crippen LogP contribution < -0.4 is 4.74 Å². The summed E-state index contributed by atoms with van der Waals surface area (Å²) >= 11 is 0. The molecule has 0 atom stereocenters. The van der Waals surface area contributed by atoms with Crippen LogP contribution in [0.1, 0.15) is 11.1 Å². The summed E-state index contributed by atoms with van der Waals surface area (Å²) in [5.74, 6) is 2.82. The van der Waals surface area contributed by atoms with E-state index in [-0.39, 0.29) is 5.75 Å². The molecule has 194 valence electrons. The fraction of sp³-hybridized carbons (Fsp3) is 0.0909. The molecule has 0 aliphatic carbocycles. The average Bonchev–Trinajstić information content (AvgIpc) is 3.65. The van der Waals surface area contributed by atoms with E-state index in [9.17, 15) is 5.11 Å². The van der Waals surface area contributed by atoms with Gasteiger partial charge in [0.15, 0.2) is 0 Å². The number of ether oxygens (including phenoxy) is 1. The molecule has 2 heterocycles. The number of aromatic hydroxyl groups is 1. The Morgan fingerprint density at radius 2 is 1.13 bits per heavy atom. The van der Waals surface area contributed by atoms with Crippen molar-refractivity contribution in [2.45, 2.75) is 13.8 Å². The number of benzene rings is 4. The number of nitrogens with zero attached hydrogens (tertiary/aromatic N) is 4. The van der Waals surface area contributed by atoms with Gasteiger partial charge in [0.25, 0.3) is 0 Å². The smallest absolute Gasteiger partial charge is 0.144 e. The summed E-state index contributed by atoms with van der Waals surface area (Å²) in [4.78, 5) is 8.88. The van der Waals surface area contributed by atoms with Crippen LogP contribution in [0.4, 0.5) is 0 Å². The number of para-hydroxylation sites is 2. The number of phenols is 1. The summed E-state index contributed by atoms with van der Waals surface area (Å²) in [5, 5.41) is 9.59. The molecule has 0 unspecified atom stereocenters. The number of hydrogen-bond acceptors (Lipinski definition) is 4. The standard InChI is InChI=1S/C17H16N2O.C16H14N2O/c1-13-6-3-4-9-16(13)19-11-10-18-17(19)14-7-5-8-15(12-14)20-2;1-12-5-2-3-8-15(12)18-10-9-17-16(18)13-6-4-7-14(19)11-13/h3-12H,1-2H3;2-11,19H,1H3. The first-order valence-corrected chi connectivity index (χ1v) is 12.7. The van der Waals surface area contributed by atoms with Gasteiger partial charge < -0.3 is 9.84 Å². The fourth-order valence-corrected chi connectivity index (χ4v) is 4.50. The Morgan fingerprint density at radius 3 is 1.64 bits per heavy atom. The van der Waals surface area contributed by atoms with Crippen LogP contribution in [0, 0.1) is 13.8 Å². The van der Waals surface area contributed by atoms with Gasteiger partial charge in [0.05, 0.1) is 7.11 Å². The Bertz CT molecular complexity index is 1700. The summed E-state index contributed by atoms with van der Waals surface area (Å²) < 4.78 is 9.42. The Morgan fingerprint density at radius 1 is 0.615 bits per heavy atom. The maximum Gasteiger partial charge on any atom is 0.144 e. The molecule has 0 fully saturated rings. The summed E-state index contributed by atoms with van der Waals surface area (Å²) in [6, 6.07) is 31.5. The van der Waals surface area contributed by atoms with Gasteiger partial charge in [-0.05, 0) is 61.4 Å². The highest BCUT2D eigenvalue weighted by molar-refractivity contribution is 5.62. The van der Waals surface area contributed by atoms with Gasteiger partial charge in [-0.1, -0.05) is 60.7 Å². The lowest BCUT2D eigenvalue weighted by molar-refractivity contribution is 0.415. The minimum atomic E-state index is 0.247. The predicted octanol–water partition coefficient (Wildman–Crippen LogP) is 7.41. The van der Waals surface area contributed by atoms with Crippen LogP contribution in [0.3, 0.4) is 0 Å². The van der Waals surface area contributed by atoms with Crippen LogP contribution in [0.25, 0.3) is 34.2 Å². The van der Waals surface area contributed by atoms with E-state index in [1.165, 1.54) is 11.1 Å². The minimum absolute atomic E-state index is 0.247. The summed E-state index contributed by atoms with van der Waals surface area (Å²) in [6.07, 6.45) is 7.51. The molecule has 0 saturated carbocycles. The molecule has 1 N–H and O–H groups in total. The topological polar surface area (TPSA) is 65.1 Å². The molecule has 6 nitrogen and oxygen atoms in total. The normalized spacial score (nSPS) is 10.5. The van der Waals surface area contributed by atoms with Crippen molar-refractivity contribution in [1.82, 2.24) is 19.1 Å². The molecule has 0 amide bonds. The fourth-order valence-electron chi connectivity index (χ4n) is 4.50. The van der Waals surface area contributed by atoms with Crippen molar-refractivity contribution in [3.8, 4) is 45.6 Å². The lowest BCUT2D eigenvalue weighted by Gasteiger charge is -2.11. The highest BCUT2D eigenvalue weighted by Crippen LogP contribution is 2.27. The van der Waals surface area contributed by atoms with Crippen LogP contribution in [0.2, 0.25) is 0 Å². The number of methoxy groups -OCH3 is 1. The highest BCUT2D eigenvalue weighted by Gasteiger charge is 2.11. The van der Waals surface area contributed by atoms with Crippen molar-refractivity contribution in [2.75, 3.05) is 7.11 Å². The van der Waals surface area contributed by atoms with Crippen molar-refractivity contribution in [1.29, 1.82) is 0 Å². The number of imidazole rings is 2. The number of hydrogen-bond donors (Lipinski definition) is 1. The first kappa shape index (κ1) is 25.5. The van der Waals surface area contributed by atoms with Crippen LogP contribution in [0.15, 0.2) is 122 Å². The van der Waals surface area contributed by atoms with E-state index in [1.54, 1.807) is 25.4 Å². The van der Waals surface area contributed by atoms with Crippen LogP contribution in [-0.4, -0.2) is 31.3 Å². The van der Waals surface area contributed by atoms with E-state index < -0.39 is 0 Å². The molecule has 0 radical (unpaired) electrons. The van der Waals surface area contributed by atoms with E-state index in [0.29, 0.717) is 0 Å². The molecule has 6 aromatic rings. The summed E-state index contributed by atoms with van der Waals surface area (Å²) in [6.45, 7) is 4.17. The quantitative estimate of drug-likeness (QED) is 0.260. The Kier molecular flexibility index (Phi) is 7.55. The minimum Gasteiger partial charge on any atom is -0.508 e. The molecule has 6 rings (SSSR count). The van der Waals surface area contributed by atoms with Gasteiger partial charge in [0, 0.05) is 47.3 Å². The Balaban J connectivity index is 0.000000158. The number of aryl methyl sites for hydroxylation is 2. The van der Waals surface area contributed by atoms with Crippen LogP contribution in [-0.2, 0) is 0 Å². The maximum absolute atomic E-state index is 9.59. The molecule has 2 aromatic heterocycles. The molecule has 0 saturated heterocycles. The monoisotopic (exact) mass is 514 g/mol. The zero-order chi connectivity index (χ0) is 27.2. The zero-order valence-corrected chi connectivity index (χ0v) is 22.2. The number of rotatable bonds is 5. The van der Waals surface area contributed by atoms with Crippen LogP contribution >= 0.6 is 0 Å². The van der Waals surface area contributed by atoms with Crippen LogP contribution in [0.5, 0.6) is 11.5 Å². The van der Waals surface area contributed by atoms with Crippen molar-refractivity contribution in [3.63, 3.8) is 0 Å². The molecule has 6 heteroatoms. The molecule has 0 bridgehead atoms. The van der Waals surface area contributed by atoms with E-state index >= 15 is 0 Å². The van der Waals surface area contributed by atoms with Crippen molar-refractivity contribution in [3.05, 3.63) is 133 Å². The average molecular weight is 515 g/mol. The Labute approximate surface area is 228 Å². The predicted molar refractivity (Wildman–Crippen MR) is 156 cm³/mol. The highest BCUT2D eigenvalue weighted by atomic mass is 16.5. The molecule has 0 spiro atoms. The Hall–Kier alpha value is -5.10. The van der Waals surface area contributed by atoms with Gasteiger partial charge in [0.2, 0.25) is 0 Å². The third-order valence-corrected chi connectivity index (χ3v) is 6.46. The second kappa shape index (κ2) is 11.5. The largest absolute Gasteiger partial charge is 0.508 e. The maximum atomic E-state index is 9.59. The third-order valence-electron chi connectivity index (χ3n) is 6.46. The summed E-state index contributed by atoms with van der Waals surface area (Å²) in [5.41, 5.74) is 6.57. The molecular formula is C33H30N4O2. The first-order chi connectivity index (χ1) is 19.0. The molecule has 0 aliphatic rings. The molecule has 39 heavy (non-hydrogen) atoms.